The molecule has 20 heavy (non-hydrogen) atoms. The first-order chi connectivity index (χ1) is 9.74. The van der Waals surface area contributed by atoms with Gasteiger partial charge in [0.25, 0.3) is 0 Å². The van der Waals surface area contributed by atoms with E-state index in [1.807, 2.05) is 12.1 Å². The molecule has 0 aliphatic carbocycles. The highest BCUT2D eigenvalue weighted by Gasteiger charge is 2.13. The minimum atomic E-state index is 0.580. The standard InChI is InChI=1S/C15H22N4O/c1-3-12-5-4-10-17-14(12)15-18-13(20-19-15)7-6-11(2)8-9-16/h4-5,10-11H,3,6-9,16H2,1-2H3. The molecule has 108 valence electrons. The van der Waals surface area contributed by atoms with Crippen LogP contribution in [0.2, 0.25) is 0 Å². The van der Waals surface area contributed by atoms with Crippen molar-refractivity contribution in [3.05, 3.63) is 29.8 Å². The van der Waals surface area contributed by atoms with Gasteiger partial charge in [0.2, 0.25) is 11.7 Å². The molecule has 0 aliphatic rings. The second-order valence-corrected chi connectivity index (χ2v) is 5.10. The molecule has 1 unspecified atom stereocenters. The molecule has 2 rings (SSSR count). The van der Waals surface area contributed by atoms with Gasteiger partial charge < -0.3 is 10.3 Å². The summed E-state index contributed by atoms with van der Waals surface area (Å²) in [4.78, 5) is 8.81. The molecule has 0 radical (unpaired) electrons. The van der Waals surface area contributed by atoms with E-state index in [2.05, 4.69) is 29.0 Å². The van der Waals surface area contributed by atoms with Gasteiger partial charge in [-0.3, -0.25) is 4.98 Å². The van der Waals surface area contributed by atoms with E-state index in [1.54, 1.807) is 6.20 Å². The van der Waals surface area contributed by atoms with Crippen molar-refractivity contribution in [3.8, 4) is 11.5 Å². The molecule has 0 aromatic carbocycles. The first-order valence-electron chi connectivity index (χ1n) is 7.21. The molecular formula is C15H22N4O. The average molecular weight is 274 g/mol. The molecule has 2 aromatic rings. The van der Waals surface area contributed by atoms with Crippen LogP contribution in [-0.2, 0) is 12.8 Å². The first-order valence-corrected chi connectivity index (χ1v) is 7.21. The zero-order valence-electron chi connectivity index (χ0n) is 12.2. The summed E-state index contributed by atoms with van der Waals surface area (Å²) in [7, 11) is 0. The van der Waals surface area contributed by atoms with Gasteiger partial charge in [-0.25, -0.2) is 0 Å². The molecule has 0 saturated heterocycles. The van der Waals surface area contributed by atoms with Gasteiger partial charge in [0.1, 0.15) is 5.69 Å². The molecule has 1 atom stereocenters. The van der Waals surface area contributed by atoms with Crippen LogP contribution in [0.25, 0.3) is 11.5 Å². The van der Waals surface area contributed by atoms with Crippen LogP contribution in [0.1, 0.15) is 38.1 Å². The third-order valence-electron chi connectivity index (χ3n) is 3.46. The van der Waals surface area contributed by atoms with Crippen LogP contribution in [0.5, 0.6) is 0 Å². The van der Waals surface area contributed by atoms with Crippen molar-refractivity contribution in [3.63, 3.8) is 0 Å². The number of aromatic nitrogens is 3. The number of pyridine rings is 1. The maximum atomic E-state index is 5.55. The maximum Gasteiger partial charge on any atom is 0.227 e. The van der Waals surface area contributed by atoms with Crippen molar-refractivity contribution in [1.82, 2.24) is 15.1 Å². The van der Waals surface area contributed by atoms with Crippen LogP contribution < -0.4 is 5.73 Å². The highest BCUT2D eigenvalue weighted by Crippen LogP contribution is 2.19. The van der Waals surface area contributed by atoms with Gasteiger partial charge in [-0.2, -0.15) is 4.98 Å². The minimum Gasteiger partial charge on any atom is -0.339 e. The number of nitrogens with zero attached hydrogens (tertiary/aromatic N) is 3. The van der Waals surface area contributed by atoms with Crippen molar-refractivity contribution in [2.45, 2.75) is 39.5 Å². The van der Waals surface area contributed by atoms with Crippen molar-refractivity contribution >= 4 is 0 Å². The normalized spacial score (nSPS) is 12.6. The van der Waals surface area contributed by atoms with Gasteiger partial charge in [-0.05, 0) is 43.4 Å². The van der Waals surface area contributed by atoms with E-state index in [-0.39, 0.29) is 0 Å². The molecule has 2 heterocycles. The first kappa shape index (κ1) is 14.7. The Kier molecular flexibility index (Phi) is 5.24. The van der Waals surface area contributed by atoms with E-state index in [0.29, 0.717) is 17.6 Å². The van der Waals surface area contributed by atoms with Gasteiger partial charge in [0, 0.05) is 12.6 Å². The number of hydrogen-bond acceptors (Lipinski definition) is 5. The molecule has 2 N–H and O–H groups in total. The summed E-state index contributed by atoms with van der Waals surface area (Å²) in [5.74, 6) is 1.84. The number of nitrogens with two attached hydrogens (primary N) is 1. The summed E-state index contributed by atoms with van der Waals surface area (Å²) >= 11 is 0. The third-order valence-corrected chi connectivity index (χ3v) is 3.46. The summed E-state index contributed by atoms with van der Waals surface area (Å²) in [6.07, 6.45) is 5.50. The zero-order valence-corrected chi connectivity index (χ0v) is 12.2. The fraction of sp³-hybridized carbons (Fsp3) is 0.533. The van der Waals surface area contributed by atoms with Crippen molar-refractivity contribution < 1.29 is 4.52 Å². The predicted octanol–water partition coefficient (Wildman–Crippen LogP) is 2.61. The van der Waals surface area contributed by atoms with Gasteiger partial charge in [0.15, 0.2) is 0 Å². The van der Waals surface area contributed by atoms with E-state index in [4.69, 9.17) is 10.3 Å². The molecule has 5 heteroatoms. The monoisotopic (exact) mass is 274 g/mol. The minimum absolute atomic E-state index is 0.580. The van der Waals surface area contributed by atoms with Crippen LogP contribution >= 0.6 is 0 Å². The quantitative estimate of drug-likeness (QED) is 0.839. The summed E-state index contributed by atoms with van der Waals surface area (Å²) < 4.78 is 5.31. The lowest BCUT2D eigenvalue weighted by molar-refractivity contribution is 0.362. The second-order valence-electron chi connectivity index (χ2n) is 5.10. The molecule has 0 amide bonds. The van der Waals surface area contributed by atoms with Crippen LogP contribution in [0.4, 0.5) is 0 Å². The SMILES string of the molecule is CCc1cccnc1-c1noc(CCC(C)CCN)n1. The van der Waals surface area contributed by atoms with E-state index < -0.39 is 0 Å². The smallest absolute Gasteiger partial charge is 0.227 e. The van der Waals surface area contributed by atoms with Gasteiger partial charge in [0.05, 0.1) is 0 Å². The lowest BCUT2D eigenvalue weighted by Crippen LogP contribution is -2.06. The van der Waals surface area contributed by atoms with Crippen LogP contribution in [-0.4, -0.2) is 21.7 Å². The van der Waals surface area contributed by atoms with Crippen molar-refractivity contribution in [1.29, 1.82) is 0 Å². The predicted molar refractivity (Wildman–Crippen MR) is 78.1 cm³/mol. The maximum absolute atomic E-state index is 5.55. The summed E-state index contributed by atoms with van der Waals surface area (Å²) in [6, 6.07) is 3.97. The topological polar surface area (TPSA) is 77.8 Å². The molecule has 0 aliphatic heterocycles. The number of rotatable bonds is 7. The Hall–Kier alpha value is -1.75. The molecule has 0 spiro atoms. The fourth-order valence-electron chi connectivity index (χ4n) is 2.18. The van der Waals surface area contributed by atoms with E-state index in [9.17, 15) is 0 Å². The Morgan fingerprint density at radius 3 is 2.95 bits per heavy atom. The van der Waals surface area contributed by atoms with Gasteiger partial charge >= 0.3 is 0 Å². The summed E-state index contributed by atoms with van der Waals surface area (Å²) in [5.41, 5.74) is 7.51. The lowest BCUT2D eigenvalue weighted by Gasteiger charge is -2.06. The molecule has 0 bridgehead atoms. The molecule has 2 aromatic heterocycles. The third kappa shape index (κ3) is 3.63. The van der Waals surface area contributed by atoms with E-state index in [1.165, 1.54) is 0 Å². The van der Waals surface area contributed by atoms with Crippen molar-refractivity contribution in [2.24, 2.45) is 11.7 Å². The van der Waals surface area contributed by atoms with Crippen LogP contribution in [0, 0.1) is 5.92 Å². The second kappa shape index (κ2) is 7.14. The van der Waals surface area contributed by atoms with Crippen molar-refractivity contribution in [2.75, 3.05) is 6.54 Å². The summed E-state index contributed by atoms with van der Waals surface area (Å²) in [6.45, 7) is 5.01. The lowest BCUT2D eigenvalue weighted by atomic mass is 10.0. The fourth-order valence-corrected chi connectivity index (χ4v) is 2.18. The molecule has 5 nitrogen and oxygen atoms in total. The highest BCUT2D eigenvalue weighted by molar-refractivity contribution is 5.53. The van der Waals surface area contributed by atoms with Gasteiger partial charge in [-0.1, -0.05) is 25.1 Å². The molecule has 0 fully saturated rings. The van der Waals surface area contributed by atoms with E-state index >= 15 is 0 Å². The Labute approximate surface area is 119 Å². The summed E-state index contributed by atoms with van der Waals surface area (Å²) in [5, 5.41) is 4.05. The van der Waals surface area contributed by atoms with Crippen LogP contribution in [0.3, 0.4) is 0 Å². The Bertz CT molecular complexity index is 538. The molecular weight excluding hydrogens is 252 g/mol. The number of aryl methyl sites for hydroxylation is 2. The van der Waals surface area contributed by atoms with Gasteiger partial charge in [-0.15, -0.1) is 0 Å². The number of hydrogen-bond donors (Lipinski definition) is 1. The van der Waals surface area contributed by atoms with E-state index in [0.717, 1.165) is 43.5 Å². The highest BCUT2D eigenvalue weighted by atomic mass is 16.5. The zero-order chi connectivity index (χ0) is 14.4. The largest absolute Gasteiger partial charge is 0.339 e. The average Bonchev–Trinajstić information content (AvgIpc) is 2.94. The van der Waals surface area contributed by atoms with Crippen LogP contribution in [0.15, 0.2) is 22.9 Å². The molecule has 0 saturated carbocycles. The Balaban J connectivity index is 2.05. The Morgan fingerprint density at radius 1 is 1.35 bits per heavy atom. The Morgan fingerprint density at radius 2 is 2.20 bits per heavy atom.